The lowest BCUT2D eigenvalue weighted by Crippen LogP contribution is -2.39. The molecular formula is C12H17BrN2O3S. The number of aliphatic hydroxyl groups is 1. The van der Waals surface area contributed by atoms with Gasteiger partial charge in [0.15, 0.2) is 0 Å². The average molecular weight is 349 g/mol. The number of nitrogens with zero attached hydrogens (tertiary/aromatic N) is 1. The second kappa shape index (κ2) is 5.40. The van der Waals surface area contributed by atoms with Crippen LogP contribution >= 0.6 is 15.9 Å². The van der Waals surface area contributed by atoms with Crippen LogP contribution in [0.25, 0.3) is 0 Å². The van der Waals surface area contributed by atoms with E-state index >= 15 is 0 Å². The molecule has 2 unspecified atom stereocenters. The molecule has 19 heavy (non-hydrogen) atoms. The molecule has 3 N–H and O–H groups in total. The number of sulfonamides is 1. The SMILES string of the molecule is CC1CCN(S(=O)(=O)c2ccc(Br)c(N)c2)C1CO. The molecule has 5 nitrogen and oxygen atoms in total. The fraction of sp³-hybridized carbons (Fsp3) is 0.500. The summed E-state index contributed by atoms with van der Waals surface area (Å²) < 4.78 is 27.2. The number of aliphatic hydroxyl groups excluding tert-OH is 1. The summed E-state index contributed by atoms with van der Waals surface area (Å²) in [5.41, 5.74) is 6.11. The van der Waals surface area contributed by atoms with Gasteiger partial charge in [0.25, 0.3) is 0 Å². The van der Waals surface area contributed by atoms with Crippen LogP contribution in [0.4, 0.5) is 5.69 Å². The molecule has 0 bridgehead atoms. The lowest BCUT2D eigenvalue weighted by molar-refractivity contribution is 0.191. The minimum absolute atomic E-state index is 0.160. The highest BCUT2D eigenvalue weighted by atomic mass is 79.9. The van der Waals surface area contributed by atoms with Crippen LogP contribution in [-0.2, 0) is 10.0 Å². The van der Waals surface area contributed by atoms with E-state index in [-0.39, 0.29) is 23.5 Å². The molecule has 1 aliphatic heterocycles. The number of anilines is 1. The molecule has 1 fully saturated rings. The van der Waals surface area contributed by atoms with Crippen molar-refractivity contribution >= 4 is 31.6 Å². The fourth-order valence-corrected chi connectivity index (χ4v) is 4.37. The van der Waals surface area contributed by atoms with Crippen molar-refractivity contribution in [2.24, 2.45) is 5.92 Å². The van der Waals surface area contributed by atoms with Gasteiger partial charge in [-0.15, -0.1) is 0 Å². The highest BCUT2D eigenvalue weighted by Gasteiger charge is 2.39. The van der Waals surface area contributed by atoms with Crippen LogP contribution in [0.5, 0.6) is 0 Å². The summed E-state index contributed by atoms with van der Waals surface area (Å²) in [5.74, 6) is 0.160. The molecule has 0 radical (unpaired) electrons. The smallest absolute Gasteiger partial charge is 0.243 e. The average Bonchev–Trinajstić information content (AvgIpc) is 2.74. The number of nitrogens with two attached hydrogens (primary N) is 1. The molecule has 1 aromatic rings. The molecule has 0 aromatic heterocycles. The molecule has 1 aliphatic rings. The van der Waals surface area contributed by atoms with E-state index < -0.39 is 10.0 Å². The van der Waals surface area contributed by atoms with E-state index in [9.17, 15) is 13.5 Å². The fourth-order valence-electron chi connectivity index (χ4n) is 2.36. The third-order valence-corrected chi connectivity index (χ3v) is 6.24. The zero-order valence-electron chi connectivity index (χ0n) is 10.6. The van der Waals surface area contributed by atoms with E-state index in [2.05, 4.69) is 15.9 Å². The van der Waals surface area contributed by atoms with Crippen molar-refractivity contribution in [1.82, 2.24) is 4.31 Å². The summed E-state index contributed by atoms with van der Waals surface area (Å²) in [5, 5.41) is 9.38. The maximum atomic E-state index is 12.6. The quantitative estimate of drug-likeness (QED) is 0.809. The van der Waals surface area contributed by atoms with Crippen molar-refractivity contribution in [3.05, 3.63) is 22.7 Å². The Hall–Kier alpha value is -0.630. The van der Waals surface area contributed by atoms with Crippen LogP contribution in [0.1, 0.15) is 13.3 Å². The Kier molecular flexibility index (Phi) is 4.20. The molecule has 1 heterocycles. The van der Waals surface area contributed by atoms with Gasteiger partial charge in [-0.2, -0.15) is 4.31 Å². The number of benzene rings is 1. The maximum Gasteiger partial charge on any atom is 0.243 e. The summed E-state index contributed by atoms with van der Waals surface area (Å²) in [6.07, 6.45) is 0.760. The monoisotopic (exact) mass is 348 g/mol. The van der Waals surface area contributed by atoms with Crippen LogP contribution in [0, 0.1) is 5.92 Å². The van der Waals surface area contributed by atoms with E-state index in [0.29, 0.717) is 16.7 Å². The molecular weight excluding hydrogens is 332 g/mol. The summed E-state index contributed by atoms with van der Waals surface area (Å²) in [6, 6.07) is 4.23. The van der Waals surface area contributed by atoms with E-state index in [4.69, 9.17) is 5.73 Å². The maximum absolute atomic E-state index is 12.6. The van der Waals surface area contributed by atoms with Crippen LogP contribution in [0.15, 0.2) is 27.6 Å². The van der Waals surface area contributed by atoms with Gasteiger partial charge in [0, 0.05) is 16.7 Å². The van der Waals surface area contributed by atoms with Gasteiger partial charge in [-0.1, -0.05) is 6.92 Å². The molecule has 106 valence electrons. The largest absolute Gasteiger partial charge is 0.398 e. The Labute approximate surface area is 121 Å². The Morgan fingerprint density at radius 3 is 2.79 bits per heavy atom. The normalized spacial score (nSPS) is 24.8. The Morgan fingerprint density at radius 2 is 2.21 bits per heavy atom. The second-order valence-electron chi connectivity index (χ2n) is 4.81. The first kappa shape index (κ1) is 14.8. The lowest BCUT2D eigenvalue weighted by atomic mass is 10.0. The molecule has 7 heteroatoms. The van der Waals surface area contributed by atoms with E-state index in [1.165, 1.54) is 16.4 Å². The van der Waals surface area contributed by atoms with Crippen LogP contribution in [0.3, 0.4) is 0 Å². The van der Waals surface area contributed by atoms with Crippen molar-refractivity contribution in [3.63, 3.8) is 0 Å². The molecule has 2 rings (SSSR count). The summed E-state index contributed by atoms with van der Waals surface area (Å²) in [6.45, 7) is 2.23. The number of hydrogen-bond acceptors (Lipinski definition) is 4. The highest BCUT2D eigenvalue weighted by molar-refractivity contribution is 9.10. The number of rotatable bonds is 3. The molecule has 1 aromatic carbocycles. The summed E-state index contributed by atoms with van der Waals surface area (Å²) in [4.78, 5) is 0.167. The van der Waals surface area contributed by atoms with E-state index in [1.807, 2.05) is 6.92 Å². The molecule has 2 atom stereocenters. The van der Waals surface area contributed by atoms with Gasteiger partial charge in [-0.05, 0) is 46.5 Å². The predicted octanol–water partition coefficient (Wildman–Crippen LogP) is 1.42. The van der Waals surface area contributed by atoms with Gasteiger partial charge >= 0.3 is 0 Å². The van der Waals surface area contributed by atoms with Crippen molar-refractivity contribution in [2.45, 2.75) is 24.3 Å². The third kappa shape index (κ3) is 2.65. The van der Waals surface area contributed by atoms with Gasteiger partial charge < -0.3 is 10.8 Å². The standard InChI is InChI=1S/C12H17BrN2O3S/c1-8-4-5-15(12(8)7-16)19(17,18)9-2-3-10(13)11(14)6-9/h2-3,6,8,12,16H,4-5,7,14H2,1H3. The first-order chi connectivity index (χ1) is 8.87. The number of hydrogen-bond donors (Lipinski definition) is 2. The van der Waals surface area contributed by atoms with Crippen LogP contribution in [0.2, 0.25) is 0 Å². The first-order valence-corrected chi connectivity index (χ1v) is 8.29. The minimum Gasteiger partial charge on any atom is -0.398 e. The van der Waals surface area contributed by atoms with Gasteiger partial charge in [-0.25, -0.2) is 8.42 Å². The highest BCUT2D eigenvalue weighted by Crippen LogP contribution is 2.31. The van der Waals surface area contributed by atoms with Gasteiger partial charge in [0.2, 0.25) is 10.0 Å². The van der Waals surface area contributed by atoms with Crippen molar-refractivity contribution in [1.29, 1.82) is 0 Å². The second-order valence-corrected chi connectivity index (χ2v) is 7.56. The van der Waals surface area contributed by atoms with E-state index in [1.54, 1.807) is 6.07 Å². The Morgan fingerprint density at radius 1 is 1.53 bits per heavy atom. The molecule has 0 spiro atoms. The number of halogens is 1. The summed E-state index contributed by atoms with van der Waals surface area (Å²) >= 11 is 3.24. The molecule has 0 saturated carbocycles. The minimum atomic E-state index is -3.60. The zero-order valence-corrected chi connectivity index (χ0v) is 13.0. The topological polar surface area (TPSA) is 83.6 Å². The van der Waals surface area contributed by atoms with Crippen LogP contribution < -0.4 is 5.73 Å². The predicted molar refractivity (Wildman–Crippen MR) is 77.1 cm³/mol. The number of nitrogen functional groups attached to an aromatic ring is 1. The lowest BCUT2D eigenvalue weighted by Gasteiger charge is -2.24. The zero-order chi connectivity index (χ0) is 14.2. The van der Waals surface area contributed by atoms with Crippen molar-refractivity contribution < 1.29 is 13.5 Å². The van der Waals surface area contributed by atoms with E-state index in [0.717, 1.165) is 6.42 Å². The Balaban J connectivity index is 2.39. The molecule has 0 amide bonds. The molecule has 0 aliphatic carbocycles. The van der Waals surface area contributed by atoms with Gasteiger partial charge in [-0.3, -0.25) is 0 Å². The Bertz CT molecular complexity index is 576. The van der Waals surface area contributed by atoms with Gasteiger partial charge in [0.05, 0.1) is 17.5 Å². The van der Waals surface area contributed by atoms with Gasteiger partial charge in [0.1, 0.15) is 0 Å². The first-order valence-electron chi connectivity index (χ1n) is 6.05. The third-order valence-electron chi connectivity index (χ3n) is 3.59. The van der Waals surface area contributed by atoms with Crippen molar-refractivity contribution in [2.75, 3.05) is 18.9 Å². The van der Waals surface area contributed by atoms with Crippen molar-refractivity contribution in [3.8, 4) is 0 Å². The van der Waals surface area contributed by atoms with Crippen LogP contribution in [-0.4, -0.2) is 37.0 Å². The molecule has 1 saturated heterocycles. The summed E-state index contributed by atoms with van der Waals surface area (Å²) in [7, 11) is -3.60.